The number of likely N-dealkylation sites (tertiary alicyclic amines) is 1. The molecule has 0 saturated carbocycles. The number of nitrogens with one attached hydrogen (secondary N) is 2. The van der Waals surface area contributed by atoms with Gasteiger partial charge in [0.25, 0.3) is 5.91 Å². The molecule has 194 valence electrons. The summed E-state index contributed by atoms with van der Waals surface area (Å²) < 4.78 is 29.8. The molecule has 2 amide bonds. The Bertz CT molecular complexity index is 1230. The summed E-state index contributed by atoms with van der Waals surface area (Å²) in [6.45, 7) is 3.34. The molecule has 0 bridgehead atoms. The molecule has 36 heavy (non-hydrogen) atoms. The predicted molar refractivity (Wildman–Crippen MR) is 141 cm³/mol. The number of likely N-dealkylation sites (N-methyl/N-ethyl adjacent to an activating group) is 1. The number of hydrogen-bond donors (Lipinski definition) is 2. The number of sulfonamides is 1. The third-order valence-electron chi connectivity index (χ3n) is 7.04. The van der Waals surface area contributed by atoms with Crippen LogP contribution in [0, 0.1) is 6.92 Å². The summed E-state index contributed by atoms with van der Waals surface area (Å²) in [5.41, 5.74) is 3.90. The van der Waals surface area contributed by atoms with Crippen molar-refractivity contribution in [1.82, 2.24) is 14.5 Å². The number of carbonyl (C=O) groups excluding carboxylic acids is 2. The van der Waals surface area contributed by atoms with Crippen LogP contribution in [-0.2, 0) is 27.7 Å². The van der Waals surface area contributed by atoms with Gasteiger partial charge in [0.1, 0.15) is 0 Å². The van der Waals surface area contributed by atoms with Gasteiger partial charge in [-0.3, -0.25) is 9.59 Å². The number of piperidine rings is 1. The summed E-state index contributed by atoms with van der Waals surface area (Å²) in [4.78, 5) is 29.2. The third kappa shape index (κ3) is 5.96. The van der Waals surface area contributed by atoms with Gasteiger partial charge in [0.15, 0.2) is 0 Å². The van der Waals surface area contributed by atoms with E-state index in [9.17, 15) is 18.0 Å². The zero-order chi connectivity index (χ0) is 25.9. The van der Waals surface area contributed by atoms with E-state index in [0.29, 0.717) is 55.0 Å². The SMILES string of the molecule is Cc1ccccc1C(=O)Nc1ccc(S(=O)(=O)NC2CCN(C(=O)CN(C)C)CC2)c2c1CCCC2. The molecular formula is C27H36N4O4S. The summed E-state index contributed by atoms with van der Waals surface area (Å²) in [7, 11) is -0.0166. The van der Waals surface area contributed by atoms with E-state index in [2.05, 4.69) is 10.0 Å². The fourth-order valence-electron chi connectivity index (χ4n) is 5.12. The molecule has 1 saturated heterocycles. The van der Waals surface area contributed by atoms with Crippen LogP contribution in [0.3, 0.4) is 0 Å². The maximum Gasteiger partial charge on any atom is 0.255 e. The Hall–Kier alpha value is -2.75. The van der Waals surface area contributed by atoms with Crippen LogP contribution in [-0.4, -0.2) is 69.8 Å². The third-order valence-corrected chi connectivity index (χ3v) is 8.65. The van der Waals surface area contributed by atoms with Gasteiger partial charge < -0.3 is 15.1 Å². The number of aryl methyl sites for hydroxylation is 1. The summed E-state index contributed by atoms with van der Waals surface area (Å²) in [6, 6.07) is 10.5. The average molecular weight is 513 g/mol. The molecule has 2 N–H and O–H groups in total. The van der Waals surface area contributed by atoms with Crippen LogP contribution in [0.25, 0.3) is 0 Å². The quantitative estimate of drug-likeness (QED) is 0.594. The fraction of sp³-hybridized carbons (Fsp3) is 0.481. The fourth-order valence-corrected chi connectivity index (χ4v) is 6.72. The van der Waals surface area contributed by atoms with Gasteiger partial charge in [-0.15, -0.1) is 0 Å². The molecule has 2 aromatic rings. The van der Waals surface area contributed by atoms with Crippen molar-refractivity contribution in [1.29, 1.82) is 0 Å². The van der Waals surface area contributed by atoms with Gasteiger partial charge in [-0.25, -0.2) is 13.1 Å². The second kappa shape index (κ2) is 11.1. The largest absolute Gasteiger partial charge is 0.341 e. The van der Waals surface area contributed by atoms with Crippen molar-refractivity contribution in [2.24, 2.45) is 0 Å². The lowest BCUT2D eigenvalue weighted by atomic mass is 9.90. The van der Waals surface area contributed by atoms with Gasteiger partial charge in [0.05, 0.1) is 11.4 Å². The normalized spacial score (nSPS) is 16.6. The second-order valence-electron chi connectivity index (χ2n) is 10.1. The van der Waals surface area contributed by atoms with Crippen LogP contribution < -0.4 is 10.0 Å². The van der Waals surface area contributed by atoms with Gasteiger partial charge in [0.2, 0.25) is 15.9 Å². The first-order valence-corrected chi connectivity index (χ1v) is 14.1. The van der Waals surface area contributed by atoms with Crippen molar-refractivity contribution in [3.05, 3.63) is 58.7 Å². The van der Waals surface area contributed by atoms with E-state index >= 15 is 0 Å². The summed E-state index contributed by atoms with van der Waals surface area (Å²) >= 11 is 0. The molecular weight excluding hydrogens is 476 g/mol. The number of fused-ring (bicyclic) bond motifs is 1. The molecule has 0 unspecified atom stereocenters. The van der Waals surface area contributed by atoms with E-state index in [4.69, 9.17) is 0 Å². The van der Waals surface area contributed by atoms with Crippen LogP contribution in [0.5, 0.6) is 0 Å². The number of rotatable bonds is 7. The Morgan fingerprint density at radius 2 is 1.67 bits per heavy atom. The first kappa shape index (κ1) is 26.3. The van der Waals surface area contributed by atoms with Gasteiger partial charge >= 0.3 is 0 Å². The van der Waals surface area contributed by atoms with E-state index in [0.717, 1.165) is 36.0 Å². The number of amides is 2. The van der Waals surface area contributed by atoms with Crippen molar-refractivity contribution in [3.63, 3.8) is 0 Å². The molecule has 0 radical (unpaired) electrons. The molecule has 9 heteroatoms. The van der Waals surface area contributed by atoms with Crippen LogP contribution in [0.15, 0.2) is 41.3 Å². The molecule has 1 aliphatic heterocycles. The molecule has 0 atom stereocenters. The Balaban J connectivity index is 1.50. The standard InChI is InChI=1S/C27H36N4O4S/c1-19-8-4-5-9-21(19)27(33)28-24-12-13-25(23-11-7-6-10-22(23)24)36(34,35)29-20-14-16-31(17-15-20)26(32)18-30(2)3/h4-5,8-9,12-13,20,29H,6-7,10-11,14-18H2,1-3H3,(H,28,33). The highest BCUT2D eigenvalue weighted by Crippen LogP contribution is 2.34. The van der Waals surface area contributed by atoms with Crippen LogP contribution in [0.4, 0.5) is 5.69 Å². The van der Waals surface area contributed by atoms with Crippen LogP contribution in [0.2, 0.25) is 0 Å². The number of hydrogen-bond acceptors (Lipinski definition) is 5. The zero-order valence-electron chi connectivity index (χ0n) is 21.3. The van der Waals surface area contributed by atoms with E-state index < -0.39 is 10.0 Å². The zero-order valence-corrected chi connectivity index (χ0v) is 22.2. The molecule has 8 nitrogen and oxygen atoms in total. The topological polar surface area (TPSA) is 98.8 Å². The highest BCUT2D eigenvalue weighted by atomic mass is 32.2. The lowest BCUT2D eigenvalue weighted by Gasteiger charge is -2.33. The predicted octanol–water partition coefficient (Wildman–Crippen LogP) is 2.96. The summed E-state index contributed by atoms with van der Waals surface area (Å²) in [5, 5.41) is 3.02. The highest BCUT2D eigenvalue weighted by Gasteiger charge is 2.30. The molecule has 4 rings (SSSR count). The van der Waals surface area contributed by atoms with E-state index in [-0.39, 0.29) is 17.9 Å². The minimum absolute atomic E-state index is 0.0682. The monoisotopic (exact) mass is 512 g/mol. The van der Waals surface area contributed by atoms with Gasteiger partial charge in [-0.2, -0.15) is 0 Å². The minimum atomic E-state index is -3.74. The number of nitrogens with zero attached hydrogens (tertiary/aromatic N) is 2. The first-order valence-electron chi connectivity index (χ1n) is 12.6. The van der Waals surface area contributed by atoms with Crippen molar-refractivity contribution >= 4 is 27.5 Å². The first-order chi connectivity index (χ1) is 17.2. The summed E-state index contributed by atoms with van der Waals surface area (Å²) in [6.07, 6.45) is 4.44. The van der Waals surface area contributed by atoms with Gasteiger partial charge in [-0.1, -0.05) is 18.2 Å². The maximum absolute atomic E-state index is 13.4. The van der Waals surface area contributed by atoms with Crippen molar-refractivity contribution in [3.8, 4) is 0 Å². The van der Waals surface area contributed by atoms with Crippen LogP contribution in [0.1, 0.15) is 52.7 Å². The number of anilines is 1. The van der Waals surface area contributed by atoms with E-state index in [1.165, 1.54) is 0 Å². The van der Waals surface area contributed by atoms with Crippen LogP contribution >= 0.6 is 0 Å². The highest BCUT2D eigenvalue weighted by molar-refractivity contribution is 7.89. The number of carbonyl (C=O) groups is 2. The molecule has 1 aliphatic carbocycles. The van der Waals surface area contributed by atoms with Gasteiger partial charge in [0, 0.05) is 30.4 Å². The molecule has 0 aromatic heterocycles. The average Bonchev–Trinajstić information content (AvgIpc) is 2.84. The Morgan fingerprint density at radius 3 is 2.33 bits per heavy atom. The van der Waals surface area contributed by atoms with Crippen molar-refractivity contribution in [2.75, 3.05) is 39.0 Å². The van der Waals surface area contributed by atoms with Gasteiger partial charge in [-0.05, 0) is 94.4 Å². The Kier molecular flexibility index (Phi) is 8.12. The smallest absolute Gasteiger partial charge is 0.255 e. The Morgan fingerprint density at radius 1 is 1.00 bits per heavy atom. The lowest BCUT2D eigenvalue weighted by Crippen LogP contribution is -2.48. The Labute approximate surface area is 214 Å². The minimum Gasteiger partial charge on any atom is -0.341 e. The van der Waals surface area contributed by atoms with Crippen molar-refractivity contribution in [2.45, 2.75) is 56.4 Å². The maximum atomic E-state index is 13.4. The second-order valence-corrected chi connectivity index (χ2v) is 11.7. The number of benzene rings is 2. The molecule has 1 heterocycles. The summed E-state index contributed by atoms with van der Waals surface area (Å²) in [5.74, 6) is -0.121. The van der Waals surface area contributed by atoms with Crippen molar-refractivity contribution < 1.29 is 18.0 Å². The molecule has 0 spiro atoms. The molecule has 1 fully saturated rings. The molecule has 2 aromatic carbocycles. The molecule has 2 aliphatic rings. The lowest BCUT2D eigenvalue weighted by molar-refractivity contribution is -0.132. The van der Waals surface area contributed by atoms with E-state index in [1.807, 2.05) is 44.1 Å². The van der Waals surface area contributed by atoms with E-state index in [1.54, 1.807) is 23.1 Å².